The van der Waals surface area contributed by atoms with Crippen LogP contribution in [0.25, 0.3) is 0 Å². The van der Waals surface area contributed by atoms with Crippen molar-refractivity contribution < 1.29 is 76.4 Å². The van der Waals surface area contributed by atoms with Crippen LogP contribution in [-0.4, -0.2) is 144 Å². The van der Waals surface area contributed by atoms with Gasteiger partial charge in [0.15, 0.2) is 23.1 Å². The number of ether oxygens (including phenoxy) is 5. The van der Waals surface area contributed by atoms with Crippen LogP contribution in [-0.2, 0) is 86.2 Å². The molecule has 19 nitrogen and oxygen atoms in total. The van der Waals surface area contributed by atoms with Gasteiger partial charge in [0.1, 0.15) is 35.9 Å². The molecule has 1 aliphatic carbocycles. The topological polar surface area (TPSA) is 244 Å². The Balaban J connectivity index is 1.33. The molecule has 0 spiro atoms. The van der Waals surface area contributed by atoms with E-state index in [1.807, 2.05) is 56.3 Å². The Morgan fingerprint density at radius 2 is 1.41 bits per heavy atom. The third-order valence-corrected chi connectivity index (χ3v) is 17.7. The number of rotatable bonds is 11. The molecule has 6 rings (SSSR count). The number of cyclic esters (lactones) is 2. The van der Waals surface area contributed by atoms with Gasteiger partial charge in [-0.05, 0) is 152 Å². The van der Waals surface area contributed by atoms with Gasteiger partial charge in [-0.15, -0.1) is 0 Å². The number of carbonyl (C=O) groups is 11. The molecule has 2 heterocycles. The number of benzene rings is 3. The summed E-state index contributed by atoms with van der Waals surface area (Å²) in [5, 5.41) is 0. The van der Waals surface area contributed by atoms with Gasteiger partial charge < -0.3 is 38.4 Å². The maximum atomic E-state index is 15.3. The Bertz CT molecular complexity index is 3140. The standard InChI is InChI=1S/C73H97N3O16/c1-47(2)39-58-60(79)30-17-12-13-18-31-64(80)90-46-73(6,7)67(83)70(86)76-38-20-19-29-57(76)71(87)91-61(36-32-49-33-37-62(88-10)63(43-49)89-11)51-26-21-25-50(40-51)41-53(77)34-35-54(78)44-52(45-65(81)92-72(3,4)5)68(84)75(9)59(42-48-23-15-14-16-24-48)66(82)55-27-22-28-56(55)69(85)74(58)8/h14-16,18,21,23-26,31,33,37,40,43,47,52,55-59,61H,12-13,17,19-20,22,27-30,32,34-36,38-39,41-42,44-46H2,1-11H3/t52-,55?,56-,57-,58-,59-,61+/m0/s1. The Kier molecular flexibility index (Phi) is 27.2. The SMILES string of the molecule is COc1ccc(CC[C@H]2OC(=O)[C@@H]3CCCCN3C(=O)C(=O)C(C)(C)COC(=O)C=CCCCCC(=O)[C@H](CC(C)C)N(C)C(=O)[C@H]3CCCC3C(=O)[C@H](Cc3ccccc3)N(C)C(=O)[C@H](CC(=O)OC(C)(C)C)CC(=O)CCC(=O)Cc3cccc2c3)cc1OC. The van der Waals surface area contributed by atoms with E-state index in [1.54, 1.807) is 64.2 Å². The molecule has 0 N–H and O–H groups in total. The second-order valence-electron chi connectivity index (χ2n) is 27.1. The van der Waals surface area contributed by atoms with Crippen LogP contribution < -0.4 is 9.47 Å². The van der Waals surface area contributed by atoms with E-state index in [0.29, 0.717) is 86.8 Å². The van der Waals surface area contributed by atoms with Crippen molar-refractivity contribution in [1.82, 2.24) is 14.7 Å². The second kappa shape index (κ2) is 34.2. The van der Waals surface area contributed by atoms with Crippen LogP contribution >= 0.6 is 0 Å². The van der Waals surface area contributed by atoms with Gasteiger partial charge in [-0.3, -0.25) is 43.2 Å². The first kappa shape index (κ1) is 73.2. The molecule has 3 aromatic rings. The van der Waals surface area contributed by atoms with Crippen LogP contribution in [0.2, 0.25) is 0 Å². The predicted molar refractivity (Wildman–Crippen MR) is 345 cm³/mol. The van der Waals surface area contributed by atoms with E-state index in [0.717, 1.165) is 11.1 Å². The van der Waals surface area contributed by atoms with Crippen LogP contribution in [0, 0.1) is 29.1 Å². The summed E-state index contributed by atoms with van der Waals surface area (Å²) >= 11 is 0. The molecule has 2 aliphatic heterocycles. The first-order chi connectivity index (χ1) is 43.6. The maximum absolute atomic E-state index is 15.3. The number of hydrogen-bond donors (Lipinski definition) is 0. The molecule has 19 heteroatoms. The van der Waals surface area contributed by atoms with Crippen molar-refractivity contribution in [3.05, 3.63) is 107 Å². The van der Waals surface area contributed by atoms with Crippen molar-refractivity contribution in [3.63, 3.8) is 0 Å². The lowest BCUT2D eigenvalue weighted by atomic mass is 9.83. The summed E-state index contributed by atoms with van der Waals surface area (Å²) in [4.78, 5) is 161. The molecule has 3 amide bonds. The highest BCUT2D eigenvalue weighted by molar-refractivity contribution is 6.38. The van der Waals surface area contributed by atoms with Crippen molar-refractivity contribution in [3.8, 4) is 11.5 Å². The second-order valence-corrected chi connectivity index (χ2v) is 27.1. The summed E-state index contributed by atoms with van der Waals surface area (Å²) < 4.78 is 28.6. The lowest BCUT2D eigenvalue weighted by Gasteiger charge is -2.36. The van der Waals surface area contributed by atoms with Crippen LogP contribution in [0.5, 0.6) is 11.5 Å². The maximum Gasteiger partial charge on any atom is 0.330 e. The summed E-state index contributed by atoms with van der Waals surface area (Å²) in [5.41, 5.74) is 0.263. The molecule has 1 saturated carbocycles. The van der Waals surface area contributed by atoms with Crippen molar-refractivity contribution >= 4 is 64.5 Å². The zero-order valence-electron chi connectivity index (χ0n) is 55.9. The van der Waals surface area contributed by atoms with E-state index in [9.17, 15) is 43.2 Å². The number of ketones is 5. The molecule has 7 atom stereocenters. The summed E-state index contributed by atoms with van der Waals surface area (Å²) in [6, 6.07) is 18.5. The zero-order chi connectivity index (χ0) is 67.5. The predicted octanol–water partition coefficient (Wildman–Crippen LogP) is 10.3. The van der Waals surface area contributed by atoms with E-state index < -0.39 is 114 Å². The number of hydrogen-bond acceptors (Lipinski definition) is 16. The first-order valence-electron chi connectivity index (χ1n) is 32.7. The average Bonchev–Trinajstić information content (AvgIpc) is 1.40. The third kappa shape index (κ3) is 21.1. The minimum Gasteiger partial charge on any atom is -0.493 e. The minimum atomic E-state index is -1.48. The van der Waals surface area contributed by atoms with Crippen LogP contribution in [0.1, 0.15) is 180 Å². The lowest BCUT2D eigenvalue weighted by Crippen LogP contribution is -2.53. The van der Waals surface area contributed by atoms with Gasteiger partial charge in [-0.25, -0.2) is 9.59 Å². The monoisotopic (exact) mass is 1270 g/mol. The Labute approximate surface area is 543 Å². The fourth-order valence-electron chi connectivity index (χ4n) is 12.6. The van der Waals surface area contributed by atoms with Crippen molar-refractivity contribution in [2.75, 3.05) is 41.5 Å². The molecule has 2 fully saturated rings. The highest BCUT2D eigenvalue weighted by atomic mass is 16.6. The molecule has 2 bridgehead atoms. The molecular formula is C73H97N3O16. The number of amides is 3. The number of piperidine rings is 1. The van der Waals surface area contributed by atoms with Crippen molar-refractivity contribution in [2.24, 2.45) is 29.1 Å². The van der Waals surface area contributed by atoms with Gasteiger partial charge in [0, 0.05) is 70.7 Å². The van der Waals surface area contributed by atoms with Gasteiger partial charge in [0.25, 0.3) is 5.91 Å². The van der Waals surface area contributed by atoms with Gasteiger partial charge in [-0.1, -0.05) is 87.0 Å². The van der Waals surface area contributed by atoms with E-state index >= 15 is 9.59 Å². The lowest BCUT2D eigenvalue weighted by molar-refractivity contribution is -0.165. The normalized spacial score (nSPS) is 24.0. The van der Waals surface area contributed by atoms with E-state index in [4.69, 9.17) is 23.7 Å². The summed E-state index contributed by atoms with van der Waals surface area (Å²) in [6.45, 7) is 11.6. The molecule has 500 valence electrons. The molecule has 0 aromatic heterocycles. The van der Waals surface area contributed by atoms with Crippen molar-refractivity contribution in [2.45, 2.75) is 200 Å². The summed E-state index contributed by atoms with van der Waals surface area (Å²) in [6.07, 6.45) is 5.62. The third-order valence-electron chi connectivity index (χ3n) is 17.7. The average molecular weight is 1270 g/mol. The molecule has 92 heavy (non-hydrogen) atoms. The number of aryl methyl sites for hydroxylation is 1. The highest BCUT2D eigenvalue weighted by Gasteiger charge is 2.46. The fraction of sp³-hybridized carbons (Fsp3) is 0.575. The van der Waals surface area contributed by atoms with Gasteiger partial charge >= 0.3 is 17.9 Å². The largest absolute Gasteiger partial charge is 0.493 e. The van der Waals surface area contributed by atoms with Crippen LogP contribution in [0.3, 0.4) is 0 Å². The number of methoxy groups -OCH3 is 2. The van der Waals surface area contributed by atoms with Crippen molar-refractivity contribution in [1.29, 1.82) is 0 Å². The van der Waals surface area contributed by atoms with Gasteiger partial charge in [0.2, 0.25) is 17.6 Å². The Hall–Kier alpha value is -7.83. The molecule has 1 unspecified atom stereocenters. The number of fused-ring (bicyclic) bond motifs is 4. The smallest absolute Gasteiger partial charge is 0.330 e. The minimum absolute atomic E-state index is 0.0306. The highest BCUT2D eigenvalue weighted by Crippen LogP contribution is 2.38. The molecular weight excluding hydrogens is 1170 g/mol. The van der Waals surface area contributed by atoms with E-state index in [-0.39, 0.29) is 80.7 Å². The first-order valence-corrected chi connectivity index (χ1v) is 32.7. The van der Waals surface area contributed by atoms with E-state index in [2.05, 4.69) is 0 Å². The molecule has 3 aliphatic rings. The molecule has 0 radical (unpaired) electrons. The van der Waals surface area contributed by atoms with Crippen LogP contribution in [0.15, 0.2) is 84.9 Å². The van der Waals surface area contributed by atoms with Gasteiger partial charge in [-0.2, -0.15) is 0 Å². The van der Waals surface area contributed by atoms with Gasteiger partial charge in [0.05, 0.1) is 44.1 Å². The number of Topliss-reactive ketones (excluding diaryl/α,β-unsaturated/α-hetero) is 5. The number of carbonyl (C=O) groups excluding carboxylic acids is 11. The summed E-state index contributed by atoms with van der Waals surface area (Å²) in [7, 11) is 6.13. The molecule has 3 aromatic carbocycles. The number of nitrogens with zero attached hydrogens (tertiary/aromatic N) is 3. The zero-order valence-corrected chi connectivity index (χ0v) is 55.9. The number of likely N-dealkylation sites (N-methyl/N-ethyl adjacent to an activating group) is 2. The Morgan fingerprint density at radius 1 is 0.717 bits per heavy atom. The quantitative estimate of drug-likeness (QED) is 0.0984. The number of allylic oxidation sites excluding steroid dienone is 1. The molecule has 1 saturated heterocycles. The van der Waals surface area contributed by atoms with E-state index in [1.165, 1.54) is 55.9 Å². The fourth-order valence-corrected chi connectivity index (χ4v) is 12.6. The number of esters is 3. The Morgan fingerprint density at radius 3 is 2.11 bits per heavy atom. The van der Waals surface area contributed by atoms with Crippen LogP contribution in [0.4, 0.5) is 0 Å². The summed E-state index contributed by atoms with van der Waals surface area (Å²) in [5.74, 6) is -8.06.